The molecular weight excluding hydrogens is 338 g/mol. The molecule has 7 heteroatoms. The Labute approximate surface area is 153 Å². The highest BCUT2D eigenvalue weighted by atomic mass is 16.6. The first-order valence-electron chi connectivity index (χ1n) is 8.95. The molecule has 7 nitrogen and oxygen atoms in total. The van der Waals surface area contributed by atoms with Gasteiger partial charge >= 0.3 is 5.97 Å². The van der Waals surface area contributed by atoms with Gasteiger partial charge in [-0.2, -0.15) is 0 Å². The van der Waals surface area contributed by atoms with E-state index in [1.807, 2.05) is 19.1 Å². The highest BCUT2D eigenvalue weighted by molar-refractivity contribution is 5.83. The van der Waals surface area contributed by atoms with Gasteiger partial charge in [0.1, 0.15) is 6.10 Å². The number of carboxylic acids is 1. The van der Waals surface area contributed by atoms with E-state index in [1.54, 1.807) is 26.0 Å². The first-order valence-corrected chi connectivity index (χ1v) is 8.95. The van der Waals surface area contributed by atoms with Crippen molar-refractivity contribution in [3.8, 4) is 11.5 Å². The lowest BCUT2D eigenvalue weighted by atomic mass is 10.1. The molecule has 1 amide bonds. The molecule has 0 aromatic heterocycles. The summed E-state index contributed by atoms with van der Waals surface area (Å²) in [7, 11) is 0. The smallest absolute Gasteiger partial charge is 0.308 e. The summed E-state index contributed by atoms with van der Waals surface area (Å²) in [5, 5.41) is 9.20. The Kier molecular flexibility index (Phi) is 7.26. The quantitative estimate of drug-likeness (QED) is 0.675. The van der Waals surface area contributed by atoms with Crippen LogP contribution in [-0.4, -0.2) is 60.4 Å². The van der Waals surface area contributed by atoms with Crippen molar-refractivity contribution in [1.82, 2.24) is 4.90 Å². The fourth-order valence-electron chi connectivity index (χ4n) is 2.77. The Hall–Kier alpha value is -2.28. The number of amides is 1. The van der Waals surface area contributed by atoms with Crippen LogP contribution < -0.4 is 9.47 Å². The van der Waals surface area contributed by atoms with Crippen molar-refractivity contribution in [2.24, 2.45) is 5.92 Å². The van der Waals surface area contributed by atoms with Crippen LogP contribution in [0.4, 0.5) is 0 Å². The Balaban J connectivity index is 2.09. The van der Waals surface area contributed by atoms with E-state index >= 15 is 0 Å². The van der Waals surface area contributed by atoms with E-state index in [9.17, 15) is 14.7 Å². The van der Waals surface area contributed by atoms with Gasteiger partial charge in [-0.05, 0) is 32.4 Å². The number of hydrogen-bond acceptors (Lipinski definition) is 5. The summed E-state index contributed by atoms with van der Waals surface area (Å²) in [6.45, 7) is 6.91. The molecule has 144 valence electrons. The third-order valence-corrected chi connectivity index (χ3v) is 4.23. The molecule has 0 aliphatic carbocycles. The number of aliphatic carboxylic acids is 1. The number of carboxylic acid groups (broad SMARTS) is 1. The van der Waals surface area contributed by atoms with Gasteiger partial charge in [-0.1, -0.05) is 19.1 Å². The summed E-state index contributed by atoms with van der Waals surface area (Å²) < 4.78 is 17.0. The third kappa shape index (κ3) is 5.11. The van der Waals surface area contributed by atoms with Crippen LogP contribution in [0.25, 0.3) is 0 Å². The van der Waals surface area contributed by atoms with Crippen LogP contribution in [0, 0.1) is 5.92 Å². The van der Waals surface area contributed by atoms with Gasteiger partial charge in [-0.25, -0.2) is 0 Å². The van der Waals surface area contributed by atoms with Crippen molar-refractivity contribution in [2.75, 3.05) is 26.3 Å². The molecule has 0 bridgehead atoms. The number of para-hydroxylation sites is 2. The Morgan fingerprint density at radius 2 is 1.92 bits per heavy atom. The molecule has 0 saturated heterocycles. The van der Waals surface area contributed by atoms with Crippen molar-refractivity contribution >= 4 is 11.9 Å². The lowest BCUT2D eigenvalue weighted by Crippen LogP contribution is -2.52. The molecular formula is C19H27NO6. The number of carbonyl (C=O) groups is 2. The predicted molar refractivity (Wildman–Crippen MR) is 95.4 cm³/mol. The summed E-state index contributed by atoms with van der Waals surface area (Å²) in [6, 6.07) is 7.19. The third-order valence-electron chi connectivity index (χ3n) is 4.23. The fourth-order valence-corrected chi connectivity index (χ4v) is 2.77. The highest BCUT2D eigenvalue weighted by Gasteiger charge is 2.37. The zero-order valence-corrected chi connectivity index (χ0v) is 15.5. The highest BCUT2D eigenvalue weighted by Crippen LogP contribution is 2.34. The number of nitrogens with zero attached hydrogens (tertiary/aromatic N) is 1. The molecule has 1 N–H and O–H groups in total. The standard InChI is InChI=1S/C19H27NO6/c1-4-24-11-7-10-20(12-13(2)19(22)23)18(21)17-14(3)25-15-8-5-6-9-16(15)26-17/h5-6,8-9,13-14,17H,4,7,10-12H2,1-3H3,(H,22,23). The zero-order chi connectivity index (χ0) is 19.1. The van der Waals surface area contributed by atoms with Gasteiger partial charge in [-0.15, -0.1) is 0 Å². The van der Waals surface area contributed by atoms with Gasteiger partial charge in [0.05, 0.1) is 5.92 Å². The van der Waals surface area contributed by atoms with E-state index < -0.39 is 24.1 Å². The lowest BCUT2D eigenvalue weighted by molar-refractivity contribution is -0.148. The number of carbonyl (C=O) groups excluding carboxylic acids is 1. The van der Waals surface area contributed by atoms with Crippen LogP contribution in [0.1, 0.15) is 27.2 Å². The van der Waals surface area contributed by atoms with Gasteiger partial charge in [0.25, 0.3) is 5.91 Å². The van der Waals surface area contributed by atoms with E-state index in [0.717, 1.165) is 0 Å². The average Bonchev–Trinajstić information content (AvgIpc) is 2.62. The van der Waals surface area contributed by atoms with Crippen LogP contribution in [-0.2, 0) is 14.3 Å². The van der Waals surface area contributed by atoms with Gasteiger partial charge in [0.2, 0.25) is 6.10 Å². The molecule has 2 rings (SSSR count). The first-order chi connectivity index (χ1) is 12.4. The monoisotopic (exact) mass is 365 g/mol. The molecule has 0 spiro atoms. The maximum atomic E-state index is 13.0. The van der Waals surface area contributed by atoms with Crippen molar-refractivity contribution in [3.63, 3.8) is 0 Å². The van der Waals surface area contributed by atoms with Crippen LogP contribution in [0.5, 0.6) is 11.5 Å². The van der Waals surface area contributed by atoms with Gasteiger partial charge in [0, 0.05) is 26.3 Å². The fraction of sp³-hybridized carbons (Fsp3) is 0.579. The minimum absolute atomic E-state index is 0.120. The molecule has 0 radical (unpaired) electrons. The predicted octanol–water partition coefficient (Wildman–Crippen LogP) is 2.19. The number of hydrogen-bond donors (Lipinski definition) is 1. The minimum Gasteiger partial charge on any atom is -0.482 e. The van der Waals surface area contributed by atoms with E-state index in [-0.39, 0.29) is 12.5 Å². The molecule has 1 aromatic rings. The van der Waals surface area contributed by atoms with E-state index in [4.69, 9.17) is 14.2 Å². The zero-order valence-electron chi connectivity index (χ0n) is 15.5. The Morgan fingerprint density at radius 3 is 2.54 bits per heavy atom. The topological polar surface area (TPSA) is 85.3 Å². The van der Waals surface area contributed by atoms with Crippen molar-refractivity contribution < 1.29 is 28.9 Å². The second-order valence-electron chi connectivity index (χ2n) is 6.38. The Bertz CT molecular complexity index is 620. The normalized spacial score (nSPS) is 19.7. The number of ether oxygens (including phenoxy) is 3. The van der Waals surface area contributed by atoms with E-state index in [2.05, 4.69) is 0 Å². The van der Waals surface area contributed by atoms with Crippen LogP contribution >= 0.6 is 0 Å². The van der Waals surface area contributed by atoms with Crippen LogP contribution in [0.15, 0.2) is 24.3 Å². The SMILES string of the molecule is CCOCCCN(CC(C)C(=O)O)C(=O)C1Oc2ccccc2OC1C. The average molecular weight is 365 g/mol. The summed E-state index contributed by atoms with van der Waals surface area (Å²) in [6.07, 6.45) is -0.644. The summed E-state index contributed by atoms with van der Waals surface area (Å²) in [5.41, 5.74) is 0. The molecule has 3 unspecified atom stereocenters. The van der Waals surface area contributed by atoms with Crippen molar-refractivity contribution in [2.45, 2.75) is 39.4 Å². The van der Waals surface area contributed by atoms with Gasteiger partial charge in [-0.3, -0.25) is 9.59 Å². The maximum Gasteiger partial charge on any atom is 0.308 e. The summed E-state index contributed by atoms with van der Waals surface area (Å²) >= 11 is 0. The molecule has 3 atom stereocenters. The molecule has 0 fully saturated rings. The Morgan fingerprint density at radius 1 is 1.27 bits per heavy atom. The molecule has 1 heterocycles. The van der Waals surface area contributed by atoms with Crippen LogP contribution in [0.3, 0.4) is 0 Å². The van der Waals surface area contributed by atoms with Crippen molar-refractivity contribution in [3.05, 3.63) is 24.3 Å². The first kappa shape index (κ1) is 20.0. The van der Waals surface area contributed by atoms with Gasteiger partial charge < -0.3 is 24.2 Å². The number of fused-ring (bicyclic) bond motifs is 1. The minimum atomic E-state index is -0.938. The largest absolute Gasteiger partial charge is 0.482 e. The molecule has 1 aliphatic rings. The lowest BCUT2D eigenvalue weighted by Gasteiger charge is -2.35. The molecule has 1 aliphatic heterocycles. The second kappa shape index (κ2) is 9.43. The maximum absolute atomic E-state index is 13.0. The molecule has 26 heavy (non-hydrogen) atoms. The van der Waals surface area contributed by atoms with E-state index in [1.165, 1.54) is 4.90 Å². The molecule has 0 saturated carbocycles. The summed E-state index contributed by atoms with van der Waals surface area (Å²) in [4.78, 5) is 25.8. The number of rotatable bonds is 9. The van der Waals surface area contributed by atoms with E-state index in [0.29, 0.717) is 37.7 Å². The molecule has 1 aromatic carbocycles. The second-order valence-corrected chi connectivity index (χ2v) is 6.38. The summed E-state index contributed by atoms with van der Waals surface area (Å²) in [5.74, 6) is -0.753. The van der Waals surface area contributed by atoms with Crippen molar-refractivity contribution in [1.29, 1.82) is 0 Å². The van der Waals surface area contributed by atoms with Gasteiger partial charge in [0.15, 0.2) is 11.5 Å². The van der Waals surface area contributed by atoms with Crippen LogP contribution in [0.2, 0.25) is 0 Å². The number of benzene rings is 1.